The van der Waals surface area contributed by atoms with E-state index in [-0.39, 0.29) is 0 Å². The van der Waals surface area contributed by atoms with Crippen molar-refractivity contribution in [2.75, 3.05) is 0 Å². The van der Waals surface area contributed by atoms with Crippen molar-refractivity contribution in [3.05, 3.63) is 42.1 Å². The molecule has 0 bridgehead atoms. The maximum atomic E-state index is 10.9. The lowest BCUT2D eigenvalue weighted by atomic mass is 9.74. The Bertz CT molecular complexity index is 594. The van der Waals surface area contributed by atoms with Crippen molar-refractivity contribution in [2.24, 2.45) is 5.92 Å². The van der Waals surface area contributed by atoms with Gasteiger partial charge < -0.3 is 5.11 Å². The summed E-state index contributed by atoms with van der Waals surface area (Å²) in [4.78, 5) is 4.41. The van der Waals surface area contributed by atoms with Gasteiger partial charge in [0.25, 0.3) is 0 Å². The number of aromatic nitrogens is 1. The number of para-hydroxylation sites is 1. The lowest BCUT2D eigenvalue weighted by molar-refractivity contribution is -0.00962. The van der Waals surface area contributed by atoms with E-state index in [0.29, 0.717) is 0 Å². The van der Waals surface area contributed by atoms with Crippen LogP contribution in [-0.4, -0.2) is 15.7 Å². The van der Waals surface area contributed by atoms with Gasteiger partial charge in [-0.2, -0.15) is 0 Å². The van der Waals surface area contributed by atoms with Gasteiger partial charge in [-0.1, -0.05) is 38.0 Å². The molecule has 0 spiro atoms. The highest BCUT2D eigenvalue weighted by atomic mass is 16.3. The molecule has 0 unspecified atom stereocenters. The smallest absolute Gasteiger partial charge is 0.0704 e. The molecule has 0 aliphatic heterocycles. The molecule has 1 heterocycles. The summed E-state index contributed by atoms with van der Waals surface area (Å²) in [6.07, 6.45) is 9.42. The number of fused-ring (bicyclic) bond motifs is 1. The first kappa shape index (κ1) is 14.5. The minimum atomic E-state index is -0.519. The van der Waals surface area contributed by atoms with Gasteiger partial charge in [0.15, 0.2) is 0 Å². The Balaban J connectivity index is 1.76. The predicted molar refractivity (Wildman–Crippen MR) is 87.3 cm³/mol. The Labute approximate surface area is 127 Å². The molecule has 1 aromatic heterocycles. The fourth-order valence-corrected chi connectivity index (χ4v) is 3.75. The summed E-state index contributed by atoms with van der Waals surface area (Å²) in [5, 5.41) is 12.1. The van der Waals surface area contributed by atoms with Crippen LogP contribution in [-0.2, 0) is 6.42 Å². The molecule has 1 aliphatic rings. The summed E-state index contributed by atoms with van der Waals surface area (Å²) in [6, 6.07) is 10.3. The summed E-state index contributed by atoms with van der Waals surface area (Å²) >= 11 is 0. The maximum Gasteiger partial charge on any atom is 0.0704 e. The van der Waals surface area contributed by atoms with Gasteiger partial charge in [0, 0.05) is 18.0 Å². The average molecular weight is 283 g/mol. The SMILES string of the molecule is CCCC1CCC(O)(Cc2ccnc3ccccc23)CC1. The molecule has 1 aromatic carbocycles. The van der Waals surface area contributed by atoms with E-state index < -0.39 is 5.60 Å². The highest BCUT2D eigenvalue weighted by molar-refractivity contribution is 5.81. The minimum absolute atomic E-state index is 0.519. The maximum absolute atomic E-state index is 10.9. The molecule has 1 N–H and O–H groups in total. The Hall–Kier alpha value is -1.41. The van der Waals surface area contributed by atoms with Crippen LogP contribution in [0, 0.1) is 5.92 Å². The zero-order valence-electron chi connectivity index (χ0n) is 12.9. The molecule has 2 nitrogen and oxygen atoms in total. The van der Waals surface area contributed by atoms with Crippen LogP contribution >= 0.6 is 0 Å². The fourth-order valence-electron chi connectivity index (χ4n) is 3.75. The van der Waals surface area contributed by atoms with Crippen molar-refractivity contribution in [1.29, 1.82) is 0 Å². The molecule has 0 saturated heterocycles. The van der Waals surface area contributed by atoms with Gasteiger partial charge in [-0.05, 0) is 49.3 Å². The Morgan fingerprint density at radius 3 is 2.71 bits per heavy atom. The van der Waals surface area contributed by atoms with Gasteiger partial charge in [0.05, 0.1) is 11.1 Å². The third kappa shape index (κ3) is 3.26. The van der Waals surface area contributed by atoms with Crippen LogP contribution in [0.5, 0.6) is 0 Å². The fraction of sp³-hybridized carbons (Fsp3) is 0.526. The molecule has 0 amide bonds. The van der Waals surface area contributed by atoms with E-state index >= 15 is 0 Å². The Morgan fingerprint density at radius 2 is 1.95 bits per heavy atom. The van der Waals surface area contributed by atoms with E-state index in [1.807, 2.05) is 18.3 Å². The molecule has 1 aliphatic carbocycles. The van der Waals surface area contributed by atoms with E-state index in [4.69, 9.17) is 0 Å². The molecule has 3 rings (SSSR count). The largest absolute Gasteiger partial charge is 0.390 e. The van der Waals surface area contributed by atoms with Crippen molar-refractivity contribution < 1.29 is 5.11 Å². The van der Waals surface area contributed by atoms with Gasteiger partial charge in [-0.25, -0.2) is 0 Å². The minimum Gasteiger partial charge on any atom is -0.390 e. The Morgan fingerprint density at radius 1 is 1.19 bits per heavy atom. The third-order valence-electron chi connectivity index (χ3n) is 4.99. The molecule has 1 saturated carbocycles. The van der Waals surface area contributed by atoms with Crippen molar-refractivity contribution in [1.82, 2.24) is 4.98 Å². The molecule has 0 atom stereocenters. The first-order valence-electron chi connectivity index (χ1n) is 8.25. The summed E-state index contributed by atoms with van der Waals surface area (Å²) in [5.41, 5.74) is 1.74. The first-order valence-corrected chi connectivity index (χ1v) is 8.25. The highest BCUT2D eigenvalue weighted by Crippen LogP contribution is 2.37. The van der Waals surface area contributed by atoms with Gasteiger partial charge >= 0.3 is 0 Å². The number of hydrogen-bond acceptors (Lipinski definition) is 2. The van der Waals surface area contributed by atoms with E-state index in [9.17, 15) is 5.11 Å². The average Bonchev–Trinajstić information content (AvgIpc) is 2.50. The van der Waals surface area contributed by atoms with Gasteiger partial charge in [0.2, 0.25) is 0 Å². The number of benzene rings is 1. The molecule has 2 heteroatoms. The van der Waals surface area contributed by atoms with E-state index in [1.54, 1.807) is 0 Å². The van der Waals surface area contributed by atoms with Crippen molar-refractivity contribution >= 4 is 10.9 Å². The zero-order valence-corrected chi connectivity index (χ0v) is 12.9. The molecular weight excluding hydrogens is 258 g/mol. The standard InChI is InChI=1S/C19H25NO/c1-2-5-15-8-11-19(21,12-9-15)14-16-10-13-20-18-7-4-3-6-17(16)18/h3-4,6-7,10,13,15,21H,2,5,8-9,11-12,14H2,1H3. The second-order valence-electron chi connectivity index (χ2n) is 6.62. The topological polar surface area (TPSA) is 33.1 Å². The first-order chi connectivity index (χ1) is 10.2. The summed E-state index contributed by atoms with van der Waals surface area (Å²) in [5.74, 6) is 0.824. The van der Waals surface area contributed by atoms with Crippen molar-refractivity contribution in [3.63, 3.8) is 0 Å². The van der Waals surface area contributed by atoms with Crippen molar-refractivity contribution in [3.8, 4) is 0 Å². The number of aliphatic hydroxyl groups is 1. The number of nitrogens with zero attached hydrogens (tertiary/aromatic N) is 1. The van der Waals surface area contributed by atoms with E-state index in [0.717, 1.165) is 30.7 Å². The molecule has 21 heavy (non-hydrogen) atoms. The van der Waals surface area contributed by atoms with Crippen LogP contribution in [0.3, 0.4) is 0 Å². The molecular formula is C19H25NO. The lowest BCUT2D eigenvalue weighted by Crippen LogP contribution is -2.36. The number of rotatable bonds is 4. The van der Waals surface area contributed by atoms with Gasteiger partial charge in [0.1, 0.15) is 0 Å². The predicted octanol–water partition coefficient (Wildman–Crippen LogP) is 4.50. The molecule has 112 valence electrons. The van der Waals surface area contributed by atoms with E-state index in [1.165, 1.54) is 36.6 Å². The number of hydrogen-bond donors (Lipinski definition) is 1. The van der Waals surface area contributed by atoms with Crippen molar-refractivity contribution in [2.45, 2.75) is 57.5 Å². The quantitative estimate of drug-likeness (QED) is 0.896. The third-order valence-corrected chi connectivity index (χ3v) is 4.99. The second-order valence-corrected chi connectivity index (χ2v) is 6.62. The van der Waals surface area contributed by atoms with E-state index in [2.05, 4.69) is 30.1 Å². The summed E-state index contributed by atoms with van der Waals surface area (Å²) in [7, 11) is 0. The molecule has 1 fully saturated rings. The summed E-state index contributed by atoms with van der Waals surface area (Å²) < 4.78 is 0. The van der Waals surface area contributed by atoms with Crippen LogP contribution in [0.15, 0.2) is 36.5 Å². The van der Waals surface area contributed by atoms with Crippen LogP contribution in [0.1, 0.15) is 51.0 Å². The Kier molecular flexibility index (Phi) is 4.25. The monoisotopic (exact) mass is 283 g/mol. The van der Waals surface area contributed by atoms with Crippen LogP contribution in [0.4, 0.5) is 0 Å². The zero-order chi connectivity index (χ0) is 14.7. The van der Waals surface area contributed by atoms with Crippen LogP contribution < -0.4 is 0 Å². The second kappa shape index (κ2) is 6.15. The van der Waals surface area contributed by atoms with Gasteiger partial charge in [-0.15, -0.1) is 0 Å². The van der Waals surface area contributed by atoms with Crippen LogP contribution in [0.25, 0.3) is 10.9 Å². The molecule has 0 radical (unpaired) electrons. The number of pyridine rings is 1. The van der Waals surface area contributed by atoms with Crippen LogP contribution in [0.2, 0.25) is 0 Å². The highest BCUT2D eigenvalue weighted by Gasteiger charge is 2.33. The normalized spacial score (nSPS) is 26.1. The van der Waals surface area contributed by atoms with Gasteiger partial charge in [-0.3, -0.25) is 4.98 Å². The lowest BCUT2D eigenvalue weighted by Gasteiger charge is -2.36. The molecule has 2 aromatic rings. The summed E-state index contributed by atoms with van der Waals surface area (Å²) in [6.45, 7) is 2.25.